The van der Waals surface area contributed by atoms with Gasteiger partial charge in [0.15, 0.2) is 11.2 Å². The first-order valence-electron chi connectivity index (χ1n) is 6.02. The van der Waals surface area contributed by atoms with Crippen molar-refractivity contribution < 1.29 is 9.34 Å². The molecule has 1 aliphatic carbocycles. The Kier molecular flexibility index (Phi) is 3.35. The molecule has 2 heterocycles. The lowest BCUT2D eigenvalue weighted by molar-refractivity contribution is -0.419. The lowest BCUT2D eigenvalue weighted by Gasteiger charge is -2.08. The fourth-order valence-corrected chi connectivity index (χ4v) is 2.38. The van der Waals surface area contributed by atoms with Crippen molar-refractivity contribution >= 4 is 27.2 Å². The second-order valence-electron chi connectivity index (χ2n) is 4.40. The molecule has 0 N–H and O–H groups in total. The Morgan fingerprint density at radius 1 is 1.45 bits per heavy atom. The summed E-state index contributed by atoms with van der Waals surface area (Å²) in [5.74, 6) is 0.241. The molecule has 20 heavy (non-hydrogen) atoms. The van der Waals surface area contributed by atoms with Crippen LogP contribution in [-0.2, 0) is 5.33 Å². The van der Waals surface area contributed by atoms with Gasteiger partial charge in [0.2, 0.25) is 5.89 Å². The third kappa shape index (κ3) is 2.36. The van der Waals surface area contributed by atoms with Crippen LogP contribution in [0.1, 0.15) is 23.9 Å². The van der Waals surface area contributed by atoms with Gasteiger partial charge in [-0.25, -0.2) is 4.98 Å². The van der Waals surface area contributed by atoms with Crippen molar-refractivity contribution in [3.63, 3.8) is 0 Å². The first kappa shape index (κ1) is 13.0. The Balaban J connectivity index is 1.98. The highest BCUT2D eigenvalue weighted by Gasteiger charge is 2.22. The number of alkyl halides is 1. The van der Waals surface area contributed by atoms with E-state index in [0.29, 0.717) is 28.9 Å². The summed E-state index contributed by atoms with van der Waals surface area (Å²) in [4.78, 5) is 19.1. The molecular weight excluding hydrogens is 326 g/mol. The minimum atomic E-state index is -0.410. The van der Waals surface area contributed by atoms with Crippen LogP contribution in [0.25, 0.3) is 11.2 Å². The standard InChI is InChI=1S/C13H10BrN3O3/c14-7-9-4-5-11-12(15-9)16-13(20-11)8-2-1-3-10(6-8)17(18)19/h1,3-6,8H,2,7H2. The van der Waals surface area contributed by atoms with Crippen molar-refractivity contribution in [1.29, 1.82) is 0 Å². The minimum absolute atomic E-state index is 0.0672. The summed E-state index contributed by atoms with van der Waals surface area (Å²) in [6.45, 7) is 0. The smallest absolute Gasteiger partial charge is 0.265 e. The Bertz CT molecular complexity index is 736. The van der Waals surface area contributed by atoms with Gasteiger partial charge in [-0.1, -0.05) is 22.0 Å². The van der Waals surface area contributed by atoms with Gasteiger partial charge in [0.05, 0.1) is 16.5 Å². The van der Waals surface area contributed by atoms with Gasteiger partial charge in [0, 0.05) is 17.5 Å². The fraction of sp³-hybridized carbons (Fsp3) is 0.231. The third-order valence-corrected chi connectivity index (χ3v) is 3.62. The molecule has 102 valence electrons. The summed E-state index contributed by atoms with van der Waals surface area (Å²) in [5.41, 5.74) is 2.05. The predicted molar refractivity (Wildman–Crippen MR) is 76.0 cm³/mol. The van der Waals surface area contributed by atoms with E-state index in [2.05, 4.69) is 25.9 Å². The molecule has 0 bridgehead atoms. The molecule has 7 heteroatoms. The summed E-state index contributed by atoms with van der Waals surface area (Å²) in [5, 5.41) is 11.4. The van der Waals surface area contributed by atoms with E-state index in [1.807, 2.05) is 12.1 Å². The molecule has 0 aliphatic heterocycles. The molecule has 0 aromatic carbocycles. The van der Waals surface area contributed by atoms with Gasteiger partial charge >= 0.3 is 0 Å². The van der Waals surface area contributed by atoms with Crippen molar-refractivity contribution in [3.05, 3.63) is 57.8 Å². The largest absolute Gasteiger partial charge is 0.438 e. The molecule has 0 fully saturated rings. The van der Waals surface area contributed by atoms with Crippen molar-refractivity contribution in [2.45, 2.75) is 17.7 Å². The molecule has 0 saturated carbocycles. The second kappa shape index (κ2) is 5.16. The van der Waals surface area contributed by atoms with Gasteiger partial charge in [0.25, 0.3) is 5.70 Å². The van der Waals surface area contributed by atoms with Crippen LogP contribution in [0.5, 0.6) is 0 Å². The number of oxazole rings is 1. The average Bonchev–Trinajstić information content (AvgIpc) is 2.90. The Hall–Kier alpha value is -2.02. The summed E-state index contributed by atoms with van der Waals surface area (Å²) < 4.78 is 5.65. The molecule has 1 unspecified atom stereocenters. The zero-order chi connectivity index (χ0) is 14.1. The second-order valence-corrected chi connectivity index (χ2v) is 4.96. The van der Waals surface area contributed by atoms with Crippen LogP contribution in [0, 0.1) is 10.1 Å². The van der Waals surface area contributed by atoms with Crippen molar-refractivity contribution in [3.8, 4) is 0 Å². The van der Waals surface area contributed by atoms with Gasteiger partial charge in [-0.2, -0.15) is 4.98 Å². The molecule has 0 amide bonds. The van der Waals surface area contributed by atoms with E-state index in [1.54, 1.807) is 12.2 Å². The van der Waals surface area contributed by atoms with Crippen LogP contribution in [0.15, 0.2) is 40.5 Å². The SMILES string of the molecule is O=[N+]([O-])C1=CC(c2nc3nc(CBr)ccc3o2)CC=C1. The Morgan fingerprint density at radius 3 is 3.05 bits per heavy atom. The monoisotopic (exact) mass is 335 g/mol. The number of hydrogen-bond acceptors (Lipinski definition) is 5. The molecule has 0 spiro atoms. The number of pyridine rings is 1. The normalized spacial score (nSPS) is 18.2. The topological polar surface area (TPSA) is 82.1 Å². The maximum Gasteiger partial charge on any atom is 0.265 e. The molecule has 2 aromatic heterocycles. The first-order chi connectivity index (χ1) is 9.67. The van der Waals surface area contributed by atoms with E-state index in [1.165, 1.54) is 6.08 Å². The van der Waals surface area contributed by atoms with Gasteiger partial charge in [0.1, 0.15) is 0 Å². The number of allylic oxidation sites excluding steroid dienone is 3. The van der Waals surface area contributed by atoms with E-state index >= 15 is 0 Å². The highest BCUT2D eigenvalue weighted by molar-refractivity contribution is 9.08. The Labute approximate surface area is 122 Å². The molecule has 1 aliphatic rings. The highest BCUT2D eigenvalue weighted by Crippen LogP contribution is 2.29. The molecule has 2 aromatic rings. The van der Waals surface area contributed by atoms with Gasteiger partial charge in [-0.3, -0.25) is 10.1 Å². The number of hydrogen-bond donors (Lipinski definition) is 0. The van der Waals surface area contributed by atoms with Crippen LogP contribution in [-0.4, -0.2) is 14.9 Å². The van der Waals surface area contributed by atoms with Crippen molar-refractivity contribution in [1.82, 2.24) is 9.97 Å². The molecule has 0 saturated heterocycles. The predicted octanol–water partition coefficient (Wildman–Crippen LogP) is 3.32. The molecule has 0 radical (unpaired) electrons. The zero-order valence-corrected chi connectivity index (χ0v) is 11.9. The number of nitro groups is 1. The quantitative estimate of drug-likeness (QED) is 0.488. The number of rotatable bonds is 3. The van der Waals surface area contributed by atoms with E-state index in [0.717, 1.165) is 5.69 Å². The van der Waals surface area contributed by atoms with Gasteiger partial charge < -0.3 is 4.42 Å². The van der Waals surface area contributed by atoms with Crippen molar-refractivity contribution in [2.24, 2.45) is 0 Å². The number of aromatic nitrogens is 2. The van der Waals surface area contributed by atoms with Crippen LogP contribution in [0.2, 0.25) is 0 Å². The lowest BCUT2D eigenvalue weighted by Crippen LogP contribution is -2.05. The minimum Gasteiger partial charge on any atom is -0.438 e. The van der Waals surface area contributed by atoms with Crippen LogP contribution >= 0.6 is 15.9 Å². The summed E-state index contributed by atoms with van der Waals surface area (Å²) >= 11 is 3.34. The van der Waals surface area contributed by atoms with Crippen LogP contribution in [0.3, 0.4) is 0 Å². The fourth-order valence-electron chi connectivity index (χ4n) is 2.07. The molecule has 6 nitrogen and oxygen atoms in total. The summed E-state index contributed by atoms with van der Waals surface area (Å²) in [6.07, 6.45) is 5.46. The lowest BCUT2D eigenvalue weighted by atomic mass is 9.99. The zero-order valence-electron chi connectivity index (χ0n) is 10.3. The molecular formula is C13H10BrN3O3. The summed E-state index contributed by atoms with van der Waals surface area (Å²) in [7, 11) is 0. The van der Waals surface area contributed by atoms with E-state index in [-0.39, 0.29) is 11.6 Å². The maximum absolute atomic E-state index is 10.8. The van der Waals surface area contributed by atoms with Gasteiger partial charge in [-0.15, -0.1) is 0 Å². The van der Waals surface area contributed by atoms with Crippen LogP contribution < -0.4 is 0 Å². The van der Waals surface area contributed by atoms with E-state index < -0.39 is 4.92 Å². The highest BCUT2D eigenvalue weighted by atomic mass is 79.9. The maximum atomic E-state index is 10.8. The molecule has 3 rings (SSSR count). The van der Waals surface area contributed by atoms with Crippen LogP contribution in [0.4, 0.5) is 0 Å². The first-order valence-corrected chi connectivity index (χ1v) is 7.14. The van der Waals surface area contributed by atoms with Gasteiger partial charge in [-0.05, 0) is 18.6 Å². The molecule has 1 atom stereocenters. The number of fused-ring (bicyclic) bond motifs is 1. The van der Waals surface area contributed by atoms with E-state index in [9.17, 15) is 10.1 Å². The number of halogens is 1. The average molecular weight is 336 g/mol. The number of nitrogens with zero attached hydrogens (tertiary/aromatic N) is 3. The Morgan fingerprint density at radius 2 is 2.30 bits per heavy atom. The van der Waals surface area contributed by atoms with Crippen molar-refractivity contribution in [2.75, 3.05) is 0 Å². The third-order valence-electron chi connectivity index (χ3n) is 3.04. The van der Waals surface area contributed by atoms with E-state index in [4.69, 9.17) is 4.42 Å². The summed E-state index contributed by atoms with van der Waals surface area (Å²) in [6, 6.07) is 3.66.